The number of piperidine rings is 1. The van der Waals surface area contributed by atoms with Gasteiger partial charge in [0.15, 0.2) is 0 Å². The molecule has 1 amide bonds. The molecule has 5 nitrogen and oxygen atoms in total. The van der Waals surface area contributed by atoms with E-state index in [1.54, 1.807) is 23.0 Å². The molecular weight excluding hydrogens is 331 g/mol. The smallest absolute Gasteiger partial charge is 0.254 e. The Labute approximate surface area is 147 Å². The molecule has 0 saturated carbocycles. The average molecular weight is 353 g/mol. The minimum Gasteiger partial charge on any atom is -0.349 e. The highest BCUT2D eigenvalue weighted by Gasteiger charge is 2.22. The first-order valence-electron chi connectivity index (χ1n) is 7.89. The Kier molecular flexibility index (Phi) is 5.96. The zero-order chi connectivity index (χ0) is 16.4. The van der Waals surface area contributed by atoms with Crippen molar-refractivity contribution >= 4 is 18.3 Å². The summed E-state index contributed by atoms with van der Waals surface area (Å²) in [6.07, 6.45) is 3.43. The van der Waals surface area contributed by atoms with Gasteiger partial charge in [0.25, 0.3) is 5.91 Å². The van der Waals surface area contributed by atoms with E-state index in [0.717, 1.165) is 30.8 Å². The van der Waals surface area contributed by atoms with Crippen LogP contribution in [-0.2, 0) is 0 Å². The summed E-state index contributed by atoms with van der Waals surface area (Å²) in [6.45, 7) is 4.88. The molecule has 2 unspecified atom stereocenters. The fourth-order valence-electron chi connectivity index (χ4n) is 3.00. The summed E-state index contributed by atoms with van der Waals surface area (Å²) >= 11 is 0. The average Bonchev–Trinajstić information content (AvgIpc) is 2.90. The highest BCUT2D eigenvalue weighted by molar-refractivity contribution is 5.95. The summed E-state index contributed by atoms with van der Waals surface area (Å²) in [5, 5.41) is 10.7. The SMILES string of the molecule is Cc1c(C(=O)NC2CCNC(C)C2)cnn1-c1ccc(F)cc1.Cl. The van der Waals surface area contributed by atoms with Gasteiger partial charge >= 0.3 is 0 Å². The van der Waals surface area contributed by atoms with Crippen LogP contribution in [0.3, 0.4) is 0 Å². The molecule has 0 spiro atoms. The number of carbonyl (C=O) groups is 1. The van der Waals surface area contributed by atoms with Gasteiger partial charge in [0.05, 0.1) is 23.1 Å². The largest absolute Gasteiger partial charge is 0.349 e. The first-order valence-corrected chi connectivity index (χ1v) is 7.89. The van der Waals surface area contributed by atoms with Gasteiger partial charge in [-0.25, -0.2) is 9.07 Å². The molecule has 2 atom stereocenters. The van der Waals surface area contributed by atoms with Crippen molar-refractivity contribution in [3.8, 4) is 5.69 Å². The van der Waals surface area contributed by atoms with E-state index in [4.69, 9.17) is 0 Å². The van der Waals surface area contributed by atoms with Gasteiger partial charge in [0, 0.05) is 12.1 Å². The lowest BCUT2D eigenvalue weighted by molar-refractivity contribution is 0.0925. The fourth-order valence-corrected chi connectivity index (χ4v) is 3.00. The number of rotatable bonds is 3. The summed E-state index contributed by atoms with van der Waals surface area (Å²) in [5.74, 6) is -0.397. The summed E-state index contributed by atoms with van der Waals surface area (Å²) in [5.41, 5.74) is 2.04. The lowest BCUT2D eigenvalue weighted by Crippen LogP contribution is -2.46. The molecule has 24 heavy (non-hydrogen) atoms. The van der Waals surface area contributed by atoms with Crippen molar-refractivity contribution in [2.24, 2.45) is 0 Å². The monoisotopic (exact) mass is 352 g/mol. The van der Waals surface area contributed by atoms with Crippen LogP contribution in [0.5, 0.6) is 0 Å². The number of carbonyl (C=O) groups excluding carboxylic acids is 1. The van der Waals surface area contributed by atoms with E-state index in [1.165, 1.54) is 12.1 Å². The zero-order valence-electron chi connectivity index (χ0n) is 13.8. The van der Waals surface area contributed by atoms with Crippen LogP contribution >= 0.6 is 12.4 Å². The van der Waals surface area contributed by atoms with Gasteiger partial charge in [-0.2, -0.15) is 5.10 Å². The summed E-state index contributed by atoms with van der Waals surface area (Å²) < 4.78 is 14.7. The van der Waals surface area contributed by atoms with E-state index in [9.17, 15) is 9.18 Å². The molecule has 1 aliphatic heterocycles. The van der Waals surface area contributed by atoms with Crippen LogP contribution in [0.2, 0.25) is 0 Å². The molecular formula is C17H22ClFN4O. The fraction of sp³-hybridized carbons (Fsp3) is 0.412. The van der Waals surface area contributed by atoms with Crippen LogP contribution in [0.1, 0.15) is 35.8 Å². The number of hydrogen-bond donors (Lipinski definition) is 2. The first-order chi connectivity index (χ1) is 11.0. The van der Waals surface area contributed by atoms with Gasteiger partial charge in [-0.15, -0.1) is 12.4 Å². The number of halogens is 2. The quantitative estimate of drug-likeness (QED) is 0.892. The highest BCUT2D eigenvalue weighted by atomic mass is 35.5. The number of hydrogen-bond acceptors (Lipinski definition) is 3. The van der Waals surface area contributed by atoms with Crippen molar-refractivity contribution < 1.29 is 9.18 Å². The maximum absolute atomic E-state index is 13.0. The summed E-state index contributed by atoms with van der Waals surface area (Å²) in [6, 6.07) is 6.65. The van der Waals surface area contributed by atoms with Crippen LogP contribution in [0.25, 0.3) is 5.69 Å². The maximum Gasteiger partial charge on any atom is 0.254 e. The van der Waals surface area contributed by atoms with Gasteiger partial charge in [-0.1, -0.05) is 0 Å². The van der Waals surface area contributed by atoms with Crippen LogP contribution in [0.4, 0.5) is 4.39 Å². The van der Waals surface area contributed by atoms with Crippen LogP contribution in [-0.4, -0.2) is 34.3 Å². The van der Waals surface area contributed by atoms with Gasteiger partial charge in [-0.05, 0) is 57.5 Å². The summed E-state index contributed by atoms with van der Waals surface area (Å²) in [7, 11) is 0. The summed E-state index contributed by atoms with van der Waals surface area (Å²) in [4.78, 5) is 12.5. The van der Waals surface area contributed by atoms with E-state index in [2.05, 4.69) is 22.7 Å². The van der Waals surface area contributed by atoms with Crippen molar-refractivity contribution in [1.82, 2.24) is 20.4 Å². The van der Waals surface area contributed by atoms with Crippen molar-refractivity contribution in [2.75, 3.05) is 6.54 Å². The van der Waals surface area contributed by atoms with Gasteiger partial charge < -0.3 is 10.6 Å². The molecule has 2 N–H and O–H groups in total. The Morgan fingerprint density at radius 3 is 2.75 bits per heavy atom. The number of nitrogens with zero attached hydrogens (tertiary/aromatic N) is 2. The molecule has 2 aromatic rings. The molecule has 1 fully saturated rings. The third-order valence-electron chi connectivity index (χ3n) is 4.28. The number of aromatic nitrogens is 2. The lowest BCUT2D eigenvalue weighted by Gasteiger charge is -2.28. The lowest BCUT2D eigenvalue weighted by atomic mass is 10.0. The Morgan fingerprint density at radius 1 is 1.38 bits per heavy atom. The maximum atomic E-state index is 13.0. The normalized spacial score (nSPS) is 20.3. The molecule has 1 aromatic heterocycles. The third-order valence-corrected chi connectivity index (χ3v) is 4.28. The topological polar surface area (TPSA) is 59.0 Å². The standard InChI is InChI=1S/C17H21FN4O.ClH/c1-11-9-14(7-8-19-11)21-17(23)16-10-20-22(12(16)2)15-5-3-13(18)4-6-15;/h3-6,10-11,14,19H,7-9H2,1-2H3,(H,21,23);1H. The molecule has 2 heterocycles. The van der Waals surface area contributed by atoms with Crippen LogP contribution in [0, 0.1) is 12.7 Å². The van der Waals surface area contributed by atoms with Crippen molar-refractivity contribution in [3.05, 3.63) is 47.5 Å². The number of nitrogens with one attached hydrogen (secondary N) is 2. The van der Waals surface area contributed by atoms with E-state index < -0.39 is 0 Å². The Morgan fingerprint density at radius 2 is 2.08 bits per heavy atom. The molecule has 0 radical (unpaired) electrons. The molecule has 3 rings (SSSR count). The molecule has 130 valence electrons. The van der Waals surface area contributed by atoms with E-state index >= 15 is 0 Å². The molecule has 0 aliphatic carbocycles. The Bertz CT molecular complexity index is 701. The second kappa shape index (κ2) is 7.77. The molecule has 1 aliphatic rings. The predicted octanol–water partition coefficient (Wildman–Crippen LogP) is 2.61. The highest BCUT2D eigenvalue weighted by Crippen LogP contribution is 2.16. The minimum absolute atomic E-state index is 0. The number of amides is 1. The van der Waals surface area contributed by atoms with E-state index in [0.29, 0.717) is 11.6 Å². The molecule has 7 heteroatoms. The Balaban J connectivity index is 0.00000208. The minimum atomic E-state index is -0.295. The van der Waals surface area contributed by atoms with E-state index in [1.807, 2.05) is 6.92 Å². The molecule has 1 saturated heterocycles. The van der Waals surface area contributed by atoms with Gasteiger partial charge in [0.1, 0.15) is 5.82 Å². The predicted molar refractivity (Wildman–Crippen MR) is 93.5 cm³/mol. The van der Waals surface area contributed by atoms with Crippen molar-refractivity contribution in [2.45, 2.75) is 38.8 Å². The second-order valence-corrected chi connectivity index (χ2v) is 6.08. The van der Waals surface area contributed by atoms with Crippen LogP contribution < -0.4 is 10.6 Å². The third kappa shape index (κ3) is 3.94. The number of benzene rings is 1. The van der Waals surface area contributed by atoms with Gasteiger partial charge in [0.2, 0.25) is 0 Å². The van der Waals surface area contributed by atoms with Crippen molar-refractivity contribution in [3.63, 3.8) is 0 Å². The van der Waals surface area contributed by atoms with E-state index in [-0.39, 0.29) is 30.2 Å². The van der Waals surface area contributed by atoms with Crippen molar-refractivity contribution in [1.29, 1.82) is 0 Å². The molecule has 0 bridgehead atoms. The molecule has 1 aromatic carbocycles. The Hall–Kier alpha value is -1.92. The van der Waals surface area contributed by atoms with Crippen LogP contribution in [0.15, 0.2) is 30.5 Å². The van der Waals surface area contributed by atoms with Gasteiger partial charge in [-0.3, -0.25) is 4.79 Å². The zero-order valence-corrected chi connectivity index (χ0v) is 14.6. The first kappa shape index (κ1) is 18.4. The second-order valence-electron chi connectivity index (χ2n) is 6.08.